The fourth-order valence-corrected chi connectivity index (χ4v) is 4.48. The van der Waals surface area contributed by atoms with Crippen LogP contribution in [-0.2, 0) is 23.8 Å². The Balaban J connectivity index is 0.000000454. The standard InChI is InChI=1S/C18H30N2O4.C16H26N2O3/c1-15(21)17(19)11-7-8-12-20-18(22)24-14-13-23-16-9-5-3-2-4-6-10-16;1-13(19)15(17)11-7-8-12-18-16(20)21-14-9-5-3-2-4-6-10-14/h16-17H,2-5,7-9,11-14,19H2,1H3,(H,20,22);14-15H,2-5,7-9,11-12,17H2,1H3,(H,18,20). The van der Waals surface area contributed by atoms with E-state index in [4.69, 9.17) is 25.7 Å². The third-order valence-corrected chi connectivity index (χ3v) is 7.41. The van der Waals surface area contributed by atoms with E-state index in [0.29, 0.717) is 32.5 Å². The van der Waals surface area contributed by atoms with Crippen molar-refractivity contribution in [3.05, 3.63) is 0 Å². The van der Waals surface area contributed by atoms with Crippen LogP contribution < -0.4 is 22.1 Å². The Morgan fingerprint density at radius 1 is 0.689 bits per heavy atom. The van der Waals surface area contributed by atoms with E-state index in [1.165, 1.54) is 26.7 Å². The molecule has 2 rings (SSSR count). The van der Waals surface area contributed by atoms with Crippen molar-refractivity contribution in [1.29, 1.82) is 0 Å². The van der Waals surface area contributed by atoms with E-state index < -0.39 is 18.2 Å². The van der Waals surface area contributed by atoms with E-state index in [1.54, 1.807) is 0 Å². The average molecular weight is 633 g/mol. The van der Waals surface area contributed by atoms with Gasteiger partial charge in [0.05, 0.1) is 18.7 Å². The molecule has 0 heterocycles. The van der Waals surface area contributed by atoms with Gasteiger partial charge in [0.2, 0.25) is 0 Å². The number of carbonyl (C=O) groups excluding carboxylic acids is 4. The summed E-state index contributed by atoms with van der Waals surface area (Å²) in [5, 5.41) is 5.39. The van der Waals surface area contributed by atoms with Crippen LogP contribution in [0, 0.1) is 23.7 Å². The topological polar surface area (TPSA) is 172 Å². The summed E-state index contributed by atoms with van der Waals surface area (Å²) >= 11 is 0. The highest BCUT2D eigenvalue weighted by Gasteiger charge is 2.13. The molecule has 0 spiro atoms. The predicted octanol–water partition coefficient (Wildman–Crippen LogP) is 4.29. The van der Waals surface area contributed by atoms with Crippen molar-refractivity contribution in [2.75, 3.05) is 26.3 Å². The Morgan fingerprint density at radius 3 is 1.76 bits per heavy atom. The molecule has 0 aromatic rings. The molecular formula is C34H56N4O7. The lowest BCUT2D eigenvalue weighted by Crippen LogP contribution is -2.30. The van der Waals surface area contributed by atoms with Crippen LogP contribution in [0.1, 0.15) is 117 Å². The number of alkyl carbamates (subject to hydrolysis) is 2. The molecule has 6 N–H and O–H groups in total. The quantitative estimate of drug-likeness (QED) is 0.135. The second kappa shape index (κ2) is 26.1. The SMILES string of the molecule is CC(=O)C(N)CCCCNC(=O)OC1C#CCCCCC1.CC(=O)C(N)CCCCNC(=O)OCCOC1C#CCCCCC1. The maximum atomic E-state index is 11.6. The van der Waals surface area contributed by atoms with Gasteiger partial charge in [-0.15, -0.1) is 5.92 Å². The first-order valence-corrected chi connectivity index (χ1v) is 16.6. The molecule has 0 saturated carbocycles. The first-order valence-electron chi connectivity index (χ1n) is 16.6. The fourth-order valence-electron chi connectivity index (χ4n) is 4.48. The number of nitrogens with two attached hydrogens (primary N) is 2. The predicted molar refractivity (Wildman–Crippen MR) is 174 cm³/mol. The highest BCUT2D eigenvalue weighted by atomic mass is 16.6. The van der Waals surface area contributed by atoms with Crippen LogP contribution in [0.25, 0.3) is 0 Å². The first-order chi connectivity index (χ1) is 21.7. The molecule has 45 heavy (non-hydrogen) atoms. The number of hydrogen-bond donors (Lipinski definition) is 4. The van der Waals surface area contributed by atoms with Gasteiger partial charge in [-0.1, -0.05) is 30.6 Å². The molecule has 0 saturated heterocycles. The summed E-state index contributed by atoms with van der Waals surface area (Å²) in [5.74, 6) is 12.3. The summed E-state index contributed by atoms with van der Waals surface area (Å²) in [6.45, 7) is 4.61. The van der Waals surface area contributed by atoms with Crippen LogP contribution in [0.3, 0.4) is 0 Å². The molecular weight excluding hydrogens is 576 g/mol. The molecule has 0 fully saturated rings. The number of amides is 2. The van der Waals surface area contributed by atoms with Crippen LogP contribution in [-0.4, -0.2) is 74.3 Å². The molecule has 2 amide bonds. The minimum Gasteiger partial charge on any atom is -0.447 e. The second-order valence-electron chi connectivity index (χ2n) is 11.5. The van der Waals surface area contributed by atoms with Crippen LogP contribution in [0.2, 0.25) is 0 Å². The molecule has 4 unspecified atom stereocenters. The van der Waals surface area contributed by atoms with Crippen molar-refractivity contribution in [3.8, 4) is 23.7 Å². The molecule has 0 radical (unpaired) electrons. The summed E-state index contributed by atoms with van der Waals surface area (Å²) in [6.07, 6.45) is 13.7. The highest BCUT2D eigenvalue weighted by Crippen LogP contribution is 2.12. The molecule has 0 aromatic heterocycles. The number of unbranched alkanes of at least 4 members (excludes halogenated alkanes) is 2. The Kier molecular flexibility index (Phi) is 23.2. The van der Waals surface area contributed by atoms with Crippen LogP contribution in [0.4, 0.5) is 9.59 Å². The van der Waals surface area contributed by atoms with Crippen molar-refractivity contribution in [3.63, 3.8) is 0 Å². The molecule has 254 valence electrons. The van der Waals surface area contributed by atoms with Crippen molar-refractivity contribution in [2.24, 2.45) is 11.5 Å². The van der Waals surface area contributed by atoms with E-state index in [-0.39, 0.29) is 36.4 Å². The molecule has 0 bridgehead atoms. The Hall–Kier alpha value is -3.12. The third kappa shape index (κ3) is 23.0. The second-order valence-corrected chi connectivity index (χ2v) is 11.5. The number of carbonyl (C=O) groups is 4. The van der Waals surface area contributed by atoms with Gasteiger partial charge in [0.1, 0.15) is 24.3 Å². The Morgan fingerprint density at radius 2 is 1.20 bits per heavy atom. The zero-order valence-corrected chi connectivity index (χ0v) is 27.5. The molecule has 11 nitrogen and oxygen atoms in total. The monoisotopic (exact) mass is 632 g/mol. The lowest BCUT2D eigenvalue weighted by Gasteiger charge is -2.14. The number of rotatable bonds is 17. The Bertz CT molecular complexity index is 998. The van der Waals surface area contributed by atoms with Crippen molar-refractivity contribution in [2.45, 2.75) is 141 Å². The minimum absolute atomic E-state index is 0.00338. The summed E-state index contributed by atoms with van der Waals surface area (Å²) in [4.78, 5) is 45.1. The number of hydrogen-bond acceptors (Lipinski definition) is 9. The maximum Gasteiger partial charge on any atom is 0.408 e. The normalized spacial score (nSPS) is 18.9. The van der Waals surface area contributed by atoms with Crippen LogP contribution in [0.5, 0.6) is 0 Å². The van der Waals surface area contributed by atoms with E-state index in [1.807, 2.05) is 0 Å². The molecule has 4 atom stereocenters. The number of Topliss-reactive ketones (excluding diaryl/α,β-unsaturated/α-hetero) is 2. The smallest absolute Gasteiger partial charge is 0.408 e. The summed E-state index contributed by atoms with van der Waals surface area (Å²) in [7, 11) is 0. The van der Waals surface area contributed by atoms with Gasteiger partial charge < -0.3 is 36.3 Å². The van der Waals surface area contributed by atoms with Crippen molar-refractivity contribution in [1.82, 2.24) is 10.6 Å². The van der Waals surface area contributed by atoms with Gasteiger partial charge in [0.25, 0.3) is 0 Å². The largest absolute Gasteiger partial charge is 0.447 e. The maximum absolute atomic E-state index is 11.6. The number of ketones is 2. The first kappa shape index (κ1) is 39.9. The van der Waals surface area contributed by atoms with E-state index in [9.17, 15) is 19.2 Å². The zero-order chi connectivity index (χ0) is 33.1. The lowest BCUT2D eigenvalue weighted by molar-refractivity contribution is -0.119. The van der Waals surface area contributed by atoms with Gasteiger partial charge in [-0.25, -0.2) is 9.59 Å². The minimum atomic E-state index is -0.446. The van der Waals surface area contributed by atoms with Gasteiger partial charge in [-0.2, -0.15) is 0 Å². The van der Waals surface area contributed by atoms with Crippen molar-refractivity contribution < 1.29 is 33.4 Å². The fraction of sp³-hybridized carbons (Fsp3) is 0.765. The van der Waals surface area contributed by atoms with Crippen LogP contribution in [0.15, 0.2) is 0 Å². The third-order valence-electron chi connectivity index (χ3n) is 7.41. The summed E-state index contributed by atoms with van der Waals surface area (Å²) < 4.78 is 16.0. The number of nitrogens with one attached hydrogen (secondary N) is 2. The Labute approximate surface area is 270 Å². The molecule has 11 heteroatoms. The van der Waals surface area contributed by atoms with Gasteiger partial charge in [0.15, 0.2) is 6.10 Å². The van der Waals surface area contributed by atoms with E-state index in [0.717, 1.165) is 77.0 Å². The van der Waals surface area contributed by atoms with Gasteiger partial charge in [-0.05, 0) is 90.9 Å². The summed E-state index contributed by atoms with van der Waals surface area (Å²) in [6, 6.07) is -0.785. The molecule has 0 aromatic carbocycles. The highest BCUT2D eigenvalue weighted by molar-refractivity contribution is 5.81. The zero-order valence-electron chi connectivity index (χ0n) is 27.5. The van der Waals surface area contributed by atoms with Gasteiger partial charge in [-0.3, -0.25) is 9.59 Å². The summed E-state index contributed by atoms with van der Waals surface area (Å²) in [5.41, 5.74) is 11.3. The van der Waals surface area contributed by atoms with Crippen molar-refractivity contribution >= 4 is 23.8 Å². The molecule has 2 aliphatic rings. The van der Waals surface area contributed by atoms with E-state index in [2.05, 4.69) is 34.3 Å². The van der Waals surface area contributed by atoms with E-state index >= 15 is 0 Å². The average Bonchev–Trinajstić information content (AvgIpc) is 2.97. The lowest BCUT2D eigenvalue weighted by atomic mass is 10.1. The molecule has 0 aliphatic heterocycles. The number of ether oxygens (including phenoxy) is 3. The van der Waals surface area contributed by atoms with Gasteiger partial charge in [0, 0.05) is 25.9 Å². The van der Waals surface area contributed by atoms with Gasteiger partial charge >= 0.3 is 12.2 Å². The molecule has 2 aliphatic carbocycles. The van der Waals surface area contributed by atoms with Crippen LogP contribution >= 0.6 is 0 Å².